The lowest BCUT2D eigenvalue weighted by Gasteiger charge is -2.25. The lowest BCUT2D eigenvalue weighted by molar-refractivity contribution is 0.0932. The number of hydrogen-bond donors (Lipinski definition) is 1. The van der Waals surface area contributed by atoms with E-state index in [1.807, 2.05) is 10.9 Å². The van der Waals surface area contributed by atoms with E-state index in [1.54, 1.807) is 0 Å². The lowest BCUT2D eigenvalue weighted by Crippen LogP contribution is -2.33. The summed E-state index contributed by atoms with van der Waals surface area (Å²) in [5, 5.41) is 15.9. The summed E-state index contributed by atoms with van der Waals surface area (Å²) in [6, 6.07) is 0.345. The Balaban J connectivity index is 1.26. The summed E-state index contributed by atoms with van der Waals surface area (Å²) in [5.74, 6) is 2.56. The summed E-state index contributed by atoms with van der Waals surface area (Å²) in [6.45, 7) is 6.95. The largest absolute Gasteiger partial charge is 0.347 e. The summed E-state index contributed by atoms with van der Waals surface area (Å²) >= 11 is 0. The Kier molecular flexibility index (Phi) is 3.81. The summed E-state index contributed by atoms with van der Waals surface area (Å²) in [4.78, 5) is 14.9. The zero-order chi connectivity index (χ0) is 17.7. The Bertz CT molecular complexity index is 821. The third-order valence-electron chi connectivity index (χ3n) is 5.87. The Hall–Kier alpha value is -2.22. The highest BCUT2D eigenvalue weighted by molar-refractivity contribution is 5.91. The maximum Gasteiger partial charge on any atom is 0.289 e. The van der Waals surface area contributed by atoms with Crippen LogP contribution in [0.3, 0.4) is 0 Å². The van der Waals surface area contributed by atoms with E-state index in [0.717, 1.165) is 57.8 Å². The second-order valence-corrected chi connectivity index (χ2v) is 7.92. The number of likely N-dealkylation sites (tertiary alicyclic amines) is 1. The minimum absolute atomic E-state index is 0.0634. The third kappa shape index (κ3) is 2.92. The van der Waals surface area contributed by atoms with Crippen molar-refractivity contribution < 1.29 is 4.79 Å². The van der Waals surface area contributed by atoms with Crippen molar-refractivity contribution in [3.05, 3.63) is 29.6 Å². The number of aromatic nitrogens is 5. The fourth-order valence-electron chi connectivity index (χ4n) is 4.32. The number of amides is 1. The molecule has 8 nitrogen and oxygen atoms in total. The molecule has 0 bridgehead atoms. The number of fused-ring (bicyclic) bond motifs is 2. The van der Waals surface area contributed by atoms with Crippen molar-refractivity contribution in [2.75, 3.05) is 13.1 Å². The van der Waals surface area contributed by atoms with Crippen LogP contribution < -0.4 is 5.32 Å². The molecule has 1 saturated heterocycles. The summed E-state index contributed by atoms with van der Waals surface area (Å²) in [6.07, 6.45) is 7.19. The van der Waals surface area contributed by atoms with Gasteiger partial charge in [0.15, 0.2) is 0 Å². The van der Waals surface area contributed by atoms with Crippen LogP contribution in [0.5, 0.6) is 0 Å². The molecule has 2 aromatic heterocycles. The van der Waals surface area contributed by atoms with Crippen molar-refractivity contribution >= 4 is 5.91 Å². The Morgan fingerprint density at radius 1 is 1.23 bits per heavy atom. The van der Waals surface area contributed by atoms with Gasteiger partial charge < -0.3 is 9.88 Å². The van der Waals surface area contributed by atoms with Crippen molar-refractivity contribution in [2.45, 2.75) is 51.9 Å². The molecule has 26 heavy (non-hydrogen) atoms. The summed E-state index contributed by atoms with van der Waals surface area (Å²) < 4.78 is 4.03. The van der Waals surface area contributed by atoms with Crippen LogP contribution in [-0.4, -0.2) is 54.5 Å². The molecule has 4 heterocycles. The molecule has 0 aromatic carbocycles. The smallest absolute Gasteiger partial charge is 0.289 e. The van der Waals surface area contributed by atoms with Gasteiger partial charge in [-0.15, -0.1) is 10.2 Å². The molecule has 2 aromatic rings. The van der Waals surface area contributed by atoms with E-state index in [0.29, 0.717) is 23.7 Å². The van der Waals surface area contributed by atoms with Gasteiger partial charge in [-0.25, -0.2) is 0 Å². The normalized spacial score (nSPS) is 25.1. The number of carbonyl (C=O) groups excluding carboxylic acids is 1. The monoisotopic (exact) mass is 355 g/mol. The average molecular weight is 355 g/mol. The van der Waals surface area contributed by atoms with Gasteiger partial charge in [-0.1, -0.05) is 0 Å². The van der Waals surface area contributed by atoms with Gasteiger partial charge in [0.2, 0.25) is 5.82 Å². The molecule has 1 N–H and O–H groups in total. The van der Waals surface area contributed by atoms with E-state index in [4.69, 9.17) is 0 Å². The quantitative estimate of drug-likeness (QED) is 0.854. The highest BCUT2D eigenvalue weighted by Gasteiger charge is 2.39. The molecule has 8 heteroatoms. The molecule has 1 aliphatic carbocycles. The zero-order valence-corrected chi connectivity index (χ0v) is 15.1. The second-order valence-electron chi connectivity index (χ2n) is 7.92. The maximum absolute atomic E-state index is 12.4. The van der Waals surface area contributed by atoms with Crippen molar-refractivity contribution in [3.63, 3.8) is 0 Å². The van der Waals surface area contributed by atoms with Gasteiger partial charge in [0, 0.05) is 56.9 Å². The molecule has 2 aliphatic heterocycles. The SMILES string of the molecule is CCn1cc(CN2C[C@H]3Cc4nnc(C(=O)NC5CC5)n4C[C@H]3C2)cn1. The van der Waals surface area contributed by atoms with E-state index in [1.165, 1.54) is 5.56 Å². The van der Waals surface area contributed by atoms with Gasteiger partial charge in [-0.3, -0.25) is 14.4 Å². The molecule has 2 atom stereocenters. The standard InChI is InChI=1S/C18H25N7O/c1-2-24-8-12(6-19-24)7-23-9-13-5-16-21-22-17(18(26)20-15-3-4-15)25(16)11-14(13)10-23/h6,8,13-15H,2-5,7,9-11H2,1H3,(H,20,26)/t13-,14-/m1/s1. The van der Waals surface area contributed by atoms with Crippen LogP contribution in [-0.2, 0) is 26.1 Å². The van der Waals surface area contributed by atoms with E-state index in [9.17, 15) is 4.79 Å². The topological polar surface area (TPSA) is 80.9 Å². The van der Waals surface area contributed by atoms with Crippen LogP contribution in [0.15, 0.2) is 12.4 Å². The first-order chi connectivity index (χ1) is 12.7. The van der Waals surface area contributed by atoms with E-state index in [2.05, 4.69) is 43.2 Å². The average Bonchev–Trinajstić information content (AvgIpc) is 3.04. The van der Waals surface area contributed by atoms with Gasteiger partial charge in [-0.05, 0) is 31.6 Å². The van der Waals surface area contributed by atoms with Crippen molar-refractivity contribution in [3.8, 4) is 0 Å². The summed E-state index contributed by atoms with van der Waals surface area (Å²) in [5.41, 5.74) is 1.27. The number of nitrogens with zero attached hydrogens (tertiary/aromatic N) is 6. The van der Waals surface area contributed by atoms with Crippen LogP contribution in [0.1, 0.15) is 41.8 Å². The molecule has 138 valence electrons. The van der Waals surface area contributed by atoms with Crippen LogP contribution >= 0.6 is 0 Å². The highest BCUT2D eigenvalue weighted by Crippen LogP contribution is 2.33. The second kappa shape index (κ2) is 6.19. The Morgan fingerprint density at radius 3 is 2.85 bits per heavy atom. The number of nitrogens with one attached hydrogen (secondary N) is 1. The first-order valence-corrected chi connectivity index (χ1v) is 9.66. The van der Waals surface area contributed by atoms with Gasteiger partial charge in [0.1, 0.15) is 5.82 Å². The first-order valence-electron chi connectivity index (χ1n) is 9.66. The maximum atomic E-state index is 12.4. The molecule has 3 aliphatic rings. The number of carbonyl (C=O) groups is 1. The number of hydrogen-bond acceptors (Lipinski definition) is 5. The molecule has 1 amide bonds. The van der Waals surface area contributed by atoms with Gasteiger partial charge in [0.05, 0.1) is 6.20 Å². The molecule has 5 rings (SSSR count). The fraction of sp³-hybridized carbons (Fsp3) is 0.667. The molecular weight excluding hydrogens is 330 g/mol. The number of aryl methyl sites for hydroxylation is 1. The predicted molar refractivity (Wildman–Crippen MR) is 94.4 cm³/mol. The van der Waals surface area contributed by atoms with Crippen molar-refractivity contribution in [2.24, 2.45) is 11.8 Å². The molecule has 2 fully saturated rings. The first kappa shape index (κ1) is 16.0. The Morgan fingerprint density at radius 2 is 2.08 bits per heavy atom. The molecule has 0 unspecified atom stereocenters. The van der Waals surface area contributed by atoms with Gasteiger partial charge in [-0.2, -0.15) is 5.10 Å². The molecule has 0 spiro atoms. The van der Waals surface area contributed by atoms with Crippen LogP contribution in [0.25, 0.3) is 0 Å². The Labute approximate surface area is 152 Å². The highest BCUT2D eigenvalue weighted by atomic mass is 16.2. The van der Waals surface area contributed by atoms with Gasteiger partial charge in [0.25, 0.3) is 5.91 Å². The van der Waals surface area contributed by atoms with Gasteiger partial charge >= 0.3 is 0 Å². The lowest BCUT2D eigenvalue weighted by atomic mass is 9.89. The van der Waals surface area contributed by atoms with E-state index >= 15 is 0 Å². The van der Waals surface area contributed by atoms with E-state index < -0.39 is 0 Å². The minimum atomic E-state index is -0.0634. The molecule has 1 saturated carbocycles. The third-order valence-corrected chi connectivity index (χ3v) is 5.87. The number of rotatable bonds is 5. The van der Waals surface area contributed by atoms with Crippen LogP contribution in [0, 0.1) is 11.8 Å². The molecular formula is C18H25N7O. The zero-order valence-electron chi connectivity index (χ0n) is 15.1. The summed E-state index contributed by atoms with van der Waals surface area (Å²) in [7, 11) is 0. The van der Waals surface area contributed by atoms with Crippen molar-refractivity contribution in [1.29, 1.82) is 0 Å². The minimum Gasteiger partial charge on any atom is -0.347 e. The van der Waals surface area contributed by atoms with Crippen LogP contribution in [0.4, 0.5) is 0 Å². The van der Waals surface area contributed by atoms with Crippen molar-refractivity contribution in [1.82, 2.24) is 34.8 Å². The predicted octanol–water partition coefficient (Wildman–Crippen LogP) is 0.691. The van der Waals surface area contributed by atoms with Crippen LogP contribution in [0.2, 0.25) is 0 Å². The fourth-order valence-corrected chi connectivity index (χ4v) is 4.32. The molecule has 0 radical (unpaired) electrons. The van der Waals surface area contributed by atoms with E-state index in [-0.39, 0.29) is 5.91 Å².